The van der Waals surface area contributed by atoms with E-state index in [2.05, 4.69) is 26.2 Å². The molecule has 34 heavy (non-hydrogen) atoms. The van der Waals surface area contributed by atoms with E-state index >= 15 is 0 Å². The second-order valence-electron chi connectivity index (χ2n) is 7.11. The van der Waals surface area contributed by atoms with Gasteiger partial charge < -0.3 is 14.6 Å². The molecule has 0 bridgehead atoms. The van der Waals surface area contributed by atoms with Crippen LogP contribution in [0, 0.1) is 0 Å². The molecule has 0 saturated carbocycles. The molecule has 9 heteroatoms. The highest BCUT2D eigenvalue weighted by Gasteiger charge is 2.16. The van der Waals surface area contributed by atoms with E-state index in [1.54, 1.807) is 43.6 Å². The fraction of sp³-hybridized carbons (Fsp3) is 0.0800. The van der Waals surface area contributed by atoms with E-state index in [1.165, 1.54) is 23.5 Å². The number of carbonyl (C=O) groups excluding carboxylic acids is 1. The van der Waals surface area contributed by atoms with E-state index in [0.29, 0.717) is 27.8 Å². The number of halogens is 1. The predicted octanol–water partition coefficient (Wildman–Crippen LogP) is 6.11. The van der Waals surface area contributed by atoms with E-state index < -0.39 is 5.97 Å². The zero-order chi connectivity index (χ0) is 24.1. The van der Waals surface area contributed by atoms with Crippen LogP contribution in [0.15, 0.2) is 77.4 Å². The van der Waals surface area contributed by atoms with E-state index in [9.17, 15) is 14.7 Å². The maximum Gasteiger partial charge on any atom is 0.335 e. The Bertz CT molecular complexity index is 1340. The summed E-state index contributed by atoms with van der Waals surface area (Å²) >= 11 is 4.76. The zero-order valence-corrected chi connectivity index (χ0v) is 20.4. The number of aromatic nitrogens is 1. The minimum absolute atomic E-state index is 0.114. The van der Waals surface area contributed by atoms with Crippen LogP contribution >= 0.6 is 27.3 Å². The SMILES string of the molecule is COc1ccc(C(=O)Nc2ncc(-c3ccc(C(=O)O)cc3OCc3ccccc3Br)s2)cc1. The third-order valence-electron chi connectivity index (χ3n) is 4.91. The number of carbonyl (C=O) groups is 2. The summed E-state index contributed by atoms with van der Waals surface area (Å²) in [6.45, 7) is 0.247. The van der Waals surface area contributed by atoms with Gasteiger partial charge in [-0.3, -0.25) is 10.1 Å². The number of aromatic carboxylic acids is 1. The Morgan fingerprint density at radius 1 is 1.06 bits per heavy atom. The average molecular weight is 539 g/mol. The Morgan fingerprint density at radius 3 is 2.50 bits per heavy atom. The van der Waals surface area contributed by atoms with Gasteiger partial charge in [-0.05, 0) is 48.5 Å². The van der Waals surface area contributed by atoms with Gasteiger partial charge in [-0.25, -0.2) is 9.78 Å². The molecule has 1 aromatic heterocycles. The molecule has 0 fully saturated rings. The van der Waals surface area contributed by atoms with Gasteiger partial charge in [-0.15, -0.1) is 0 Å². The molecule has 1 heterocycles. The smallest absolute Gasteiger partial charge is 0.335 e. The number of benzene rings is 3. The summed E-state index contributed by atoms with van der Waals surface area (Å²) in [5.74, 6) is -0.274. The molecule has 2 N–H and O–H groups in total. The predicted molar refractivity (Wildman–Crippen MR) is 134 cm³/mol. The molecule has 3 aromatic carbocycles. The number of thiazole rings is 1. The molecule has 0 aliphatic rings. The van der Waals surface area contributed by atoms with E-state index in [-0.39, 0.29) is 18.1 Å². The van der Waals surface area contributed by atoms with Gasteiger partial charge in [0.05, 0.1) is 17.6 Å². The van der Waals surface area contributed by atoms with Gasteiger partial charge in [0.15, 0.2) is 5.13 Å². The number of rotatable bonds is 8. The number of hydrogen-bond donors (Lipinski definition) is 2. The molecule has 4 aromatic rings. The highest BCUT2D eigenvalue weighted by atomic mass is 79.9. The lowest BCUT2D eigenvalue weighted by molar-refractivity contribution is 0.0696. The Balaban J connectivity index is 1.56. The second kappa shape index (κ2) is 10.5. The summed E-state index contributed by atoms with van der Waals surface area (Å²) in [7, 11) is 1.56. The van der Waals surface area contributed by atoms with Crippen LogP contribution in [0.5, 0.6) is 11.5 Å². The van der Waals surface area contributed by atoms with Gasteiger partial charge in [-0.1, -0.05) is 45.5 Å². The highest BCUT2D eigenvalue weighted by Crippen LogP contribution is 2.37. The van der Waals surface area contributed by atoms with E-state index in [1.807, 2.05) is 24.3 Å². The zero-order valence-electron chi connectivity index (χ0n) is 17.9. The molecular weight excluding hydrogens is 520 g/mol. The number of nitrogens with one attached hydrogen (secondary N) is 1. The topological polar surface area (TPSA) is 97.8 Å². The lowest BCUT2D eigenvalue weighted by Gasteiger charge is -2.12. The summed E-state index contributed by atoms with van der Waals surface area (Å²) in [4.78, 5) is 29.1. The third-order valence-corrected chi connectivity index (χ3v) is 6.63. The number of carboxylic acids is 1. The number of anilines is 1. The second-order valence-corrected chi connectivity index (χ2v) is 8.99. The van der Waals surface area contributed by atoms with Gasteiger partial charge >= 0.3 is 5.97 Å². The Morgan fingerprint density at radius 2 is 1.79 bits per heavy atom. The minimum atomic E-state index is -1.05. The molecule has 0 radical (unpaired) electrons. The molecule has 1 amide bonds. The van der Waals surface area contributed by atoms with Crippen LogP contribution in [0.1, 0.15) is 26.3 Å². The monoisotopic (exact) mass is 538 g/mol. The van der Waals surface area contributed by atoms with Gasteiger partial charge in [0, 0.05) is 27.4 Å². The molecule has 7 nitrogen and oxygen atoms in total. The van der Waals surface area contributed by atoms with Crippen LogP contribution in [0.2, 0.25) is 0 Å². The summed E-state index contributed by atoms with van der Waals surface area (Å²) < 4.78 is 12.0. The lowest BCUT2D eigenvalue weighted by Crippen LogP contribution is -2.11. The van der Waals surface area contributed by atoms with E-state index in [4.69, 9.17) is 9.47 Å². The maximum absolute atomic E-state index is 12.6. The van der Waals surface area contributed by atoms with Crippen molar-refractivity contribution in [2.24, 2.45) is 0 Å². The van der Waals surface area contributed by atoms with Crippen molar-refractivity contribution >= 4 is 44.3 Å². The van der Waals surface area contributed by atoms with Crippen LogP contribution < -0.4 is 14.8 Å². The van der Waals surface area contributed by atoms with Gasteiger partial charge in [0.2, 0.25) is 0 Å². The van der Waals surface area contributed by atoms with Crippen LogP contribution in [0.25, 0.3) is 10.4 Å². The first kappa shape index (κ1) is 23.5. The number of nitrogens with zero attached hydrogens (tertiary/aromatic N) is 1. The summed E-state index contributed by atoms with van der Waals surface area (Å²) in [6.07, 6.45) is 1.62. The van der Waals surface area contributed by atoms with E-state index in [0.717, 1.165) is 14.9 Å². The highest BCUT2D eigenvalue weighted by molar-refractivity contribution is 9.10. The molecule has 0 unspecified atom stereocenters. The Labute approximate surface area is 208 Å². The Kier molecular flexibility index (Phi) is 7.24. The van der Waals surface area contributed by atoms with Crippen molar-refractivity contribution in [1.82, 2.24) is 4.98 Å². The number of ether oxygens (including phenoxy) is 2. The molecule has 4 rings (SSSR count). The lowest BCUT2D eigenvalue weighted by atomic mass is 10.1. The van der Waals surface area contributed by atoms with Crippen molar-refractivity contribution in [3.05, 3.63) is 94.1 Å². The maximum atomic E-state index is 12.6. The van der Waals surface area contributed by atoms with Crippen LogP contribution in [0.4, 0.5) is 5.13 Å². The minimum Gasteiger partial charge on any atom is -0.497 e. The van der Waals surface area contributed by atoms with Gasteiger partial charge in [0.25, 0.3) is 5.91 Å². The van der Waals surface area contributed by atoms with Crippen LogP contribution in [-0.2, 0) is 6.61 Å². The van der Waals surface area contributed by atoms with Crippen LogP contribution in [-0.4, -0.2) is 29.1 Å². The molecule has 0 saturated heterocycles. The molecule has 0 aliphatic carbocycles. The third kappa shape index (κ3) is 5.44. The summed E-state index contributed by atoms with van der Waals surface area (Å²) in [5.41, 5.74) is 2.19. The van der Waals surface area contributed by atoms with Gasteiger partial charge in [0.1, 0.15) is 18.1 Å². The number of carboxylic acid groups (broad SMARTS) is 1. The molecule has 0 atom stereocenters. The Hall–Kier alpha value is -3.69. The molecule has 0 spiro atoms. The number of methoxy groups -OCH3 is 1. The summed E-state index contributed by atoms with van der Waals surface area (Å²) in [5, 5.41) is 12.6. The van der Waals surface area contributed by atoms with Crippen LogP contribution in [0.3, 0.4) is 0 Å². The molecular formula is C25H19BrN2O5S. The first-order chi connectivity index (χ1) is 16.4. The largest absolute Gasteiger partial charge is 0.497 e. The fourth-order valence-corrected chi connectivity index (χ4v) is 4.36. The van der Waals surface area contributed by atoms with Gasteiger partial charge in [-0.2, -0.15) is 0 Å². The number of hydrogen-bond acceptors (Lipinski definition) is 6. The molecule has 172 valence electrons. The van der Waals surface area contributed by atoms with Crippen molar-refractivity contribution in [2.75, 3.05) is 12.4 Å². The fourth-order valence-electron chi connectivity index (χ4n) is 3.12. The first-order valence-corrected chi connectivity index (χ1v) is 11.7. The normalized spacial score (nSPS) is 10.5. The standard InChI is InChI=1S/C25H19BrN2O5S/c1-32-18-9-6-15(7-10-18)23(29)28-25-27-13-22(34-25)19-11-8-16(24(30)31)12-21(19)33-14-17-4-2-3-5-20(17)26/h2-13H,14H2,1H3,(H,30,31)(H,27,28,29). The first-order valence-electron chi connectivity index (χ1n) is 10.1. The quantitative estimate of drug-likeness (QED) is 0.281. The summed E-state index contributed by atoms with van der Waals surface area (Å²) in [6, 6.07) is 19.1. The van der Waals surface area contributed by atoms with Crippen molar-refractivity contribution in [2.45, 2.75) is 6.61 Å². The van der Waals surface area contributed by atoms with Crippen molar-refractivity contribution in [1.29, 1.82) is 0 Å². The van der Waals surface area contributed by atoms with Crippen molar-refractivity contribution in [3.63, 3.8) is 0 Å². The van der Waals surface area contributed by atoms with Crippen molar-refractivity contribution < 1.29 is 24.2 Å². The average Bonchev–Trinajstić information content (AvgIpc) is 3.31. The molecule has 0 aliphatic heterocycles. The number of amides is 1. The van der Waals surface area contributed by atoms with Crippen molar-refractivity contribution in [3.8, 4) is 21.9 Å².